The summed E-state index contributed by atoms with van der Waals surface area (Å²) in [7, 11) is 0. The van der Waals surface area contributed by atoms with Crippen molar-refractivity contribution in [2.45, 2.75) is 25.8 Å². The third-order valence-corrected chi connectivity index (χ3v) is 5.45. The van der Waals surface area contributed by atoms with Crippen LogP contribution in [0.3, 0.4) is 0 Å². The summed E-state index contributed by atoms with van der Waals surface area (Å²) in [5.41, 5.74) is 2.70. The molecule has 8 nitrogen and oxygen atoms in total. The average Bonchev–Trinajstić information content (AvgIpc) is 3.33. The lowest BCUT2D eigenvalue weighted by molar-refractivity contribution is -0.119. The molecule has 0 unspecified atom stereocenters. The van der Waals surface area contributed by atoms with Crippen molar-refractivity contribution in [1.29, 1.82) is 0 Å². The highest BCUT2D eigenvalue weighted by atomic mass is 16.5. The fraction of sp³-hybridized carbons (Fsp3) is 0.500. The highest BCUT2D eigenvalue weighted by Crippen LogP contribution is 2.30. The largest absolute Gasteiger partial charge is 0.379 e. The van der Waals surface area contributed by atoms with Crippen LogP contribution in [0.2, 0.25) is 0 Å². The van der Waals surface area contributed by atoms with E-state index >= 15 is 0 Å². The van der Waals surface area contributed by atoms with Gasteiger partial charge in [-0.25, -0.2) is 9.50 Å². The number of Topliss-reactive ketones (excluding diaryl/α,β-unsaturated/α-hetero) is 1. The molecule has 8 heteroatoms. The minimum atomic E-state index is 0.232. The van der Waals surface area contributed by atoms with Gasteiger partial charge in [0.2, 0.25) is 0 Å². The van der Waals surface area contributed by atoms with Crippen molar-refractivity contribution in [2.75, 3.05) is 32.8 Å². The second-order valence-corrected chi connectivity index (χ2v) is 7.57. The van der Waals surface area contributed by atoms with Gasteiger partial charge >= 0.3 is 0 Å². The number of hydrogen-bond acceptors (Lipinski definition) is 6. The molecule has 0 radical (unpaired) electrons. The maximum atomic E-state index is 12.1. The minimum absolute atomic E-state index is 0.232. The van der Waals surface area contributed by atoms with E-state index in [1.807, 2.05) is 39.8 Å². The fourth-order valence-corrected chi connectivity index (χ4v) is 3.64. The molecule has 4 heterocycles. The van der Waals surface area contributed by atoms with E-state index in [-0.39, 0.29) is 11.7 Å². The zero-order chi connectivity index (χ0) is 18.9. The van der Waals surface area contributed by atoms with E-state index < -0.39 is 0 Å². The molecule has 1 saturated carbocycles. The van der Waals surface area contributed by atoms with Crippen molar-refractivity contribution in [2.24, 2.45) is 5.92 Å². The van der Waals surface area contributed by atoms with E-state index in [1.54, 1.807) is 0 Å². The molecule has 0 amide bonds. The highest BCUT2D eigenvalue weighted by Gasteiger charge is 2.30. The Morgan fingerprint density at radius 3 is 2.86 bits per heavy atom. The van der Waals surface area contributed by atoms with E-state index in [1.165, 1.54) is 0 Å². The number of ether oxygens (including phenoxy) is 1. The first-order valence-corrected chi connectivity index (χ1v) is 9.96. The molecule has 1 aliphatic carbocycles. The Morgan fingerprint density at radius 1 is 1.18 bits per heavy atom. The van der Waals surface area contributed by atoms with Crippen LogP contribution in [-0.2, 0) is 22.5 Å². The van der Waals surface area contributed by atoms with Gasteiger partial charge < -0.3 is 4.74 Å². The number of nitrogens with zero attached hydrogens (tertiary/aromatic N) is 6. The number of hydrogen-bond donors (Lipinski definition) is 0. The molecule has 3 aromatic rings. The lowest BCUT2D eigenvalue weighted by Crippen LogP contribution is -2.38. The maximum absolute atomic E-state index is 12.1. The second-order valence-electron chi connectivity index (χ2n) is 7.57. The summed E-state index contributed by atoms with van der Waals surface area (Å²) in [6, 6.07) is 5.90. The van der Waals surface area contributed by atoms with Gasteiger partial charge in [-0.3, -0.25) is 14.4 Å². The number of morpholine rings is 1. The molecule has 0 atom stereocenters. The monoisotopic (exact) mass is 380 g/mol. The number of aromatic nitrogens is 5. The predicted molar refractivity (Wildman–Crippen MR) is 103 cm³/mol. The Bertz CT molecular complexity index is 984. The number of carbonyl (C=O) groups excluding carboxylic acids is 1. The molecule has 1 aliphatic heterocycles. The van der Waals surface area contributed by atoms with Crippen molar-refractivity contribution < 1.29 is 9.53 Å². The van der Waals surface area contributed by atoms with Crippen LogP contribution in [0.15, 0.2) is 30.6 Å². The van der Waals surface area contributed by atoms with E-state index in [0.717, 1.165) is 69.1 Å². The van der Waals surface area contributed by atoms with Gasteiger partial charge in [0.1, 0.15) is 5.78 Å². The SMILES string of the molecule is O=C(Cc1nc2cccc(-c3cnn(CCN4CCOCC4)c3)n2n1)C1CC1. The van der Waals surface area contributed by atoms with Crippen LogP contribution in [0.5, 0.6) is 0 Å². The van der Waals surface area contributed by atoms with Crippen LogP contribution >= 0.6 is 0 Å². The maximum Gasteiger partial charge on any atom is 0.159 e. The topological polar surface area (TPSA) is 77.5 Å². The Kier molecular flexibility index (Phi) is 4.66. The smallest absolute Gasteiger partial charge is 0.159 e. The van der Waals surface area contributed by atoms with E-state index in [2.05, 4.69) is 20.1 Å². The van der Waals surface area contributed by atoms with E-state index in [4.69, 9.17) is 4.74 Å². The zero-order valence-electron chi connectivity index (χ0n) is 15.8. The summed E-state index contributed by atoms with van der Waals surface area (Å²) < 4.78 is 9.18. The summed E-state index contributed by atoms with van der Waals surface area (Å²) in [5.74, 6) is 1.09. The van der Waals surface area contributed by atoms with Gasteiger partial charge in [-0.05, 0) is 25.0 Å². The molecule has 28 heavy (non-hydrogen) atoms. The van der Waals surface area contributed by atoms with Crippen LogP contribution < -0.4 is 0 Å². The van der Waals surface area contributed by atoms with Crippen LogP contribution in [0, 0.1) is 5.92 Å². The van der Waals surface area contributed by atoms with Gasteiger partial charge in [0.25, 0.3) is 0 Å². The summed E-state index contributed by atoms with van der Waals surface area (Å²) >= 11 is 0. The quantitative estimate of drug-likeness (QED) is 0.617. The van der Waals surface area contributed by atoms with Crippen molar-refractivity contribution in [3.8, 4) is 11.3 Å². The second kappa shape index (κ2) is 7.44. The van der Waals surface area contributed by atoms with Gasteiger partial charge in [0, 0.05) is 37.3 Å². The van der Waals surface area contributed by atoms with Crippen LogP contribution in [0.1, 0.15) is 18.7 Å². The molecule has 2 aliphatic rings. The van der Waals surface area contributed by atoms with Gasteiger partial charge in [-0.2, -0.15) is 10.2 Å². The zero-order valence-corrected chi connectivity index (χ0v) is 15.8. The van der Waals surface area contributed by atoms with Crippen molar-refractivity contribution >= 4 is 11.4 Å². The molecule has 0 bridgehead atoms. The van der Waals surface area contributed by atoms with Crippen molar-refractivity contribution in [3.05, 3.63) is 36.4 Å². The molecular weight excluding hydrogens is 356 g/mol. The third kappa shape index (κ3) is 3.70. The van der Waals surface area contributed by atoms with Crippen molar-refractivity contribution in [1.82, 2.24) is 29.3 Å². The molecular formula is C20H24N6O2. The summed E-state index contributed by atoms with van der Waals surface area (Å²) in [4.78, 5) is 19.0. The minimum Gasteiger partial charge on any atom is -0.379 e. The van der Waals surface area contributed by atoms with Gasteiger partial charge in [0.15, 0.2) is 11.5 Å². The van der Waals surface area contributed by atoms with Gasteiger partial charge in [-0.15, -0.1) is 0 Å². The standard InChI is InChI=1S/C20H24N6O2/c27-18(15-4-5-15)12-19-22-20-3-1-2-17(26(20)23-19)16-13-21-25(14-16)7-6-24-8-10-28-11-9-24/h1-3,13-15H,4-12H2. The number of rotatable bonds is 7. The molecule has 1 saturated heterocycles. The molecule has 2 fully saturated rings. The fourth-order valence-electron chi connectivity index (χ4n) is 3.64. The molecule has 0 N–H and O–H groups in total. The molecule has 0 aromatic carbocycles. The Hall–Kier alpha value is -2.58. The Morgan fingerprint density at radius 2 is 2.04 bits per heavy atom. The Labute approximate surface area is 163 Å². The van der Waals surface area contributed by atoms with Gasteiger partial charge in [0.05, 0.1) is 38.1 Å². The molecule has 3 aromatic heterocycles. The number of carbonyl (C=O) groups is 1. The first-order valence-electron chi connectivity index (χ1n) is 9.96. The lowest BCUT2D eigenvalue weighted by atomic mass is 10.2. The number of fused-ring (bicyclic) bond motifs is 1. The first-order chi connectivity index (χ1) is 13.8. The van der Waals surface area contributed by atoms with E-state index in [0.29, 0.717) is 12.2 Å². The van der Waals surface area contributed by atoms with Crippen LogP contribution in [-0.4, -0.2) is 67.9 Å². The Balaban J connectivity index is 1.33. The van der Waals surface area contributed by atoms with Gasteiger partial charge in [-0.1, -0.05) is 6.07 Å². The molecule has 5 rings (SSSR count). The van der Waals surface area contributed by atoms with Crippen LogP contribution in [0.4, 0.5) is 0 Å². The summed E-state index contributed by atoms with van der Waals surface area (Å²) in [5, 5.41) is 9.11. The normalized spacial score (nSPS) is 18.0. The molecule has 0 spiro atoms. The number of ketones is 1. The highest BCUT2D eigenvalue weighted by molar-refractivity contribution is 5.84. The molecule has 146 valence electrons. The van der Waals surface area contributed by atoms with Crippen molar-refractivity contribution in [3.63, 3.8) is 0 Å². The third-order valence-electron chi connectivity index (χ3n) is 5.45. The van der Waals surface area contributed by atoms with E-state index in [9.17, 15) is 4.79 Å². The first kappa shape index (κ1) is 17.5. The lowest BCUT2D eigenvalue weighted by Gasteiger charge is -2.26. The summed E-state index contributed by atoms with van der Waals surface area (Å²) in [6.45, 7) is 5.39. The predicted octanol–water partition coefficient (Wildman–Crippen LogP) is 1.45. The average molecular weight is 380 g/mol. The summed E-state index contributed by atoms with van der Waals surface area (Å²) in [6.07, 6.45) is 6.27. The van der Waals surface area contributed by atoms with Crippen LogP contribution in [0.25, 0.3) is 16.9 Å². The number of pyridine rings is 1.